The van der Waals surface area contributed by atoms with Gasteiger partial charge in [-0.1, -0.05) is 62.9 Å². The van der Waals surface area contributed by atoms with Gasteiger partial charge in [-0.05, 0) is 65.4 Å². The first-order valence-corrected chi connectivity index (χ1v) is 18.4. The fourth-order valence-electron chi connectivity index (χ4n) is 6.15. The number of hydrogen-bond acceptors (Lipinski definition) is 6. The quantitative estimate of drug-likeness (QED) is 0.266. The molecule has 3 aromatic rings. The molecule has 3 aromatic carbocycles. The van der Waals surface area contributed by atoms with Crippen LogP contribution in [0.1, 0.15) is 73.2 Å². The molecule has 0 bridgehead atoms. The summed E-state index contributed by atoms with van der Waals surface area (Å²) >= 11 is 0. The van der Waals surface area contributed by atoms with Gasteiger partial charge >= 0.3 is 6.03 Å². The van der Waals surface area contributed by atoms with Crippen LogP contribution in [0.15, 0.2) is 71.7 Å². The van der Waals surface area contributed by atoms with E-state index in [-0.39, 0.29) is 29.6 Å². The van der Waals surface area contributed by atoms with E-state index < -0.39 is 21.9 Å². The summed E-state index contributed by atoms with van der Waals surface area (Å²) in [6.45, 7) is 11.4. The van der Waals surface area contributed by atoms with E-state index in [1.165, 1.54) is 6.26 Å². The average Bonchev–Trinajstić information content (AvgIpc) is 3.47. The highest BCUT2D eigenvalue weighted by molar-refractivity contribution is 7.90. The van der Waals surface area contributed by atoms with Crippen LogP contribution in [-0.4, -0.2) is 86.3 Å². The summed E-state index contributed by atoms with van der Waals surface area (Å²) in [6.07, 6.45) is 12.6. The molecule has 2 heterocycles. The number of halogens is 1. The molecule has 0 aliphatic carbocycles. The Bertz CT molecular complexity index is 1860. The third-order valence-electron chi connectivity index (χ3n) is 8.92. The number of amides is 2. The van der Waals surface area contributed by atoms with Crippen molar-refractivity contribution < 1.29 is 17.9 Å². The molecule has 1 saturated heterocycles. The lowest BCUT2D eigenvalue weighted by Gasteiger charge is -2.39. The maximum absolute atomic E-state index is 14.8. The molecule has 2 amide bonds. The third-order valence-corrected chi connectivity index (χ3v) is 9.84. The van der Waals surface area contributed by atoms with Gasteiger partial charge in [0.05, 0.1) is 24.0 Å². The smallest absolute Gasteiger partial charge is 0.326 e. The lowest BCUT2D eigenvalue weighted by Crippen LogP contribution is -2.54. The predicted octanol–water partition coefficient (Wildman–Crippen LogP) is 6.09. The van der Waals surface area contributed by atoms with Crippen LogP contribution in [-0.2, 0) is 15.3 Å². The second-order valence-corrected chi connectivity index (χ2v) is 15.6. The zero-order valence-electron chi connectivity index (χ0n) is 28.8. The van der Waals surface area contributed by atoms with E-state index in [0.29, 0.717) is 50.9 Å². The Morgan fingerprint density at radius 2 is 1.49 bits per heavy atom. The van der Waals surface area contributed by atoms with Crippen LogP contribution in [0.2, 0.25) is 0 Å². The maximum atomic E-state index is 14.8. The maximum Gasteiger partial charge on any atom is 0.326 e. The summed E-state index contributed by atoms with van der Waals surface area (Å²) < 4.78 is 29.8. The van der Waals surface area contributed by atoms with Gasteiger partial charge in [0.25, 0.3) is 0 Å². The molecule has 2 aliphatic heterocycles. The van der Waals surface area contributed by atoms with E-state index in [2.05, 4.69) is 49.6 Å². The molecule has 10 heteroatoms. The number of carbonyl (C=O) groups is 1. The molecule has 2 aliphatic rings. The van der Waals surface area contributed by atoms with Crippen molar-refractivity contribution in [3.8, 4) is 30.4 Å². The predicted molar refractivity (Wildman–Crippen MR) is 199 cm³/mol. The Hall–Kier alpha value is -4.28. The van der Waals surface area contributed by atoms with Gasteiger partial charge in [-0.3, -0.25) is 14.8 Å². The molecule has 1 fully saturated rings. The molecule has 0 aromatic heterocycles. The molecule has 0 unspecified atom stereocenters. The van der Waals surface area contributed by atoms with Gasteiger partial charge < -0.3 is 9.64 Å². The zero-order valence-corrected chi connectivity index (χ0v) is 30.5. The van der Waals surface area contributed by atoms with Crippen LogP contribution in [0.4, 0.5) is 4.79 Å². The van der Waals surface area contributed by atoms with Gasteiger partial charge in [0.2, 0.25) is 0 Å². The van der Waals surface area contributed by atoms with E-state index in [0.717, 1.165) is 33.4 Å². The zero-order chi connectivity index (χ0) is 34.6. The van der Waals surface area contributed by atoms with Crippen molar-refractivity contribution >= 4 is 34.1 Å². The SMILES string of the molecule is C#Cc1ccc([C@@H]2[C@H](c3ccc(C#C)cc3)N=C(c3ccc(C(C)(C)C)cc3OCC)N2C(=O)N2CCN(CCS(C)(=O)=O)CC2)cc1.Cl. The molecule has 8 nitrogen and oxygen atoms in total. The number of terminal acetylenes is 2. The minimum atomic E-state index is -3.09. The van der Waals surface area contributed by atoms with Crippen LogP contribution in [0.3, 0.4) is 0 Å². The number of amidine groups is 1. The molecule has 49 heavy (non-hydrogen) atoms. The van der Waals surface area contributed by atoms with Gasteiger partial charge in [-0.15, -0.1) is 25.3 Å². The van der Waals surface area contributed by atoms with Crippen molar-refractivity contribution in [3.05, 3.63) is 100 Å². The number of hydrogen-bond donors (Lipinski definition) is 0. The highest BCUT2D eigenvalue weighted by atomic mass is 35.5. The highest BCUT2D eigenvalue weighted by Crippen LogP contribution is 2.45. The topological polar surface area (TPSA) is 82.5 Å². The second-order valence-electron chi connectivity index (χ2n) is 13.4. The lowest BCUT2D eigenvalue weighted by atomic mass is 9.86. The standard InChI is InChI=1S/C39H44N4O4S.ClH/c1-8-28-11-15-30(16-12-28)35-36(31-17-13-29(9-2)14-18-31)43(38(44)42-23-21-41(22-24-42)25-26-48(7,45)46)37(40-35)33-20-19-32(39(4,5)6)27-34(33)47-10-3;/h1-2,11-20,27,35-36H,10,21-26H2,3-7H3;1H/t35-,36+;/m0./s1. The van der Waals surface area contributed by atoms with Gasteiger partial charge in [0.15, 0.2) is 0 Å². The number of benzene rings is 3. The van der Waals surface area contributed by atoms with Crippen LogP contribution in [0.5, 0.6) is 5.75 Å². The Kier molecular flexibility index (Phi) is 11.9. The minimum absolute atomic E-state index is 0. The molecule has 0 N–H and O–H groups in total. The fraction of sp³-hybridized carbons (Fsp3) is 0.385. The Labute approximate surface area is 297 Å². The van der Waals surface area contributed by atoms with E-state index in [4.69, 9.17) is 22.6 Å². The van der Waals surface area contributed by atoms with E-state index in [1.54, 1.807) is 0 Å². The van der Waals surface area contributed by atoms with Crippen molar-refractivity contribution in [2.75, 3.05) is 51.3 Å². The van der Waals surface area contributed by atoms with Crippen LogP contribution >= 0.6 is 12.4 Å². The van der Waals surface area contributed by atoms with Gasteiger partial charge in [0.1, 0.15) is 27.5 Å². The largest absolute Gasteiger partial charge is 0.493 e. The van der Waals surface area contributed by atoms with Crippen LogP contribution in [0.25, 0.3) is 0 Å². The number of rotatable bonds is 8. The highest BCUT2D eigenvalue weighted by Gasteiger charge is 2.45. The van der Waals surface area contributed by atoms with Gasteiger partial charge in [-0.25, -0.2) is 13.2 Å². The first kappa shape index (κ1) is 37.5. The Morgan fingerprint density at radius 1 is 0.918 bits per heavy atom. The molecule has 5 rings (SSSR count). The number of urea groups is 1. The molecule has 258 valence electrons. The van der Waals surface area contributed by atoms with Crippen molar-refractivity contribution in [3.63, 3.8) is 0 Å². The monoisotopic (exact) mass is 700 g/mol. The first-order chi connectivity index (χ1) is 22.8. The summed E-state index contributed by atoms with van der Waals surface area (Å²) in [4.78, 5) is 25.9. The molecule has 0 radical (unpaired) electrons. The summed E-state index contributed by atoms with van der Waals surface area (Å²) in [7, 11) is -3.09. The number of piperazine rings is 1. The van der Waals surface area contributed by atoms with Crippen molar-refractivity contribution in [2.45, 2.75) is 45.2 Å². The molecule has 2 atom stereocenters. The lowest BCUT2D eigenvalue weighted by molar-refractivity contribution is 0.122. The van der Waals surface area contributed by atoms with E-state index in [1.807, 2.05) is 71.3 Å². The van der Waals surface area contributed by atoms with Gasteiger partial charge in [-0.2, -0.15) is 0 Å². The van der Waals surface area contributed by atoms with E-state index in [9.17, 15) is 13.2 Å². The summed E-state index contributed by atoms with van der Waals surface area (Å²) in [5.74, 6) is 6.65. The first-order valence-electron chi connectivity index (χ1n) is 16.3. The van der Waals surface area contributed by atoms with Crippen molar-refractivity contribution in [1.29, 1.82) is 0 Å². The number of aliphatic imine (C=N–C) groups is 1. The van der Waals surface area contributed by atoms with E-state index >= 15 is 0 Å². The number of carbonyl (C=O) groups excluding carboxylic acids is 1. The number of ether oxygens (including phenoxy) is 1. The molecular formula is C39H45ClN4O4S. The second kappa shape index (κ2) is 15.5. The summed E-state index contributed by atoms with van der Waals surface area (Å²) in [5.41, 5.74) is 5.04. The third kappa shape index (κ3) is 8.66. The summed E-state index contributed by atoms with van der Waals surface area (Å²) in [5, 5.41) is 0. The van der Waals surface area contributed by atoms with Crippen molar-refractivity contribution in [1.82, 2.24) is 14.7 Å². The molecular weight excluding hydrogens is 656 g/mol. The Balaban J connectivity index is 0.00000541. The van der Waals surface area contributed by atoms with Crippen LogP contribution in [0, 0.1) is 24.7 Å². The Morgan fingerprint density at radius 3 is 2.00 bits per heavy atom. The fourth-order valence-corrected chi connectivity index (χ4v) is 6.74. The molecule has 0 spiro atoms. The van der Waals surface area contributed by atoms with Crippen LogP contribution < -0.4 is 4.74 Å². The number of nitrogens with zero attached hydrogens (tertiary/aromatic N) is 4. The summed E-state index contributed by atoms with van der Waals surface area (Å²) in [6, 6.07) is 20.5. The minimum Gasteiger partial charge on any atom is -0.493 e. The van der Waals surface area contributed by atoms with Crippen molar-refractivity contribution in [2.24, 2.45) is 4.99 Å². The normalized spacial score (nSPS) is 18.2. The number of sulfone groups is 1. The molecule has 0 saturated carbocycles. The average molecular weight is 701 g/mol. The van der Waals surface area contributed by atoms with Gasteiger partial charge in [0, 0.05) is 50.1 Å².